The maximum Gasteiger partial charge on any atom is 0.183 e. The summed E-state index contributed by atoms with van der Waals surface area (Å²) in [4.78, 5) is 0. The Kier molecular flexibility index (Phi) is 11.0. The van der Waals surface area contributed by atoms with Crippen molar-refractivity contribution in [3.63, 3.8) is 0 Å². The Morgan fingerprint density at radius 2 is 1.46 bits per heavy atom. The molecule has 0 unspecified atom stereocenters. The highest BCUT2D eigenvalue weighted by Crippen LogP contribution is 2.29. The second-order valence-corrected chi connectivity index (χ2v) is 6.30. The van der Waals surface area contributed by atoms with Crippen molar-refractivity contribution in [3.05, 3.63) is 64.5 Å². The molecule has 0 aromatic heterocycles. The van der Waals surface area contributed by atoms with Crippen LogP contribution in [0.4, 0.5) is 0 Å². The zero-order valence-corrected chi connectivity index (χ0v) is 17.7. The fourth-order valence-electron chi connectivity index (χ4n) is 3.12. The van der Waals surface area contributed by atoms with Gasteiger partial charge in [-0.1, -0.05) is 57.0 Å². The highest BCUT2D eigenvalue weighted by atomic mass is 16.6. The number of rotatable bonds is 0. The highest BCUT2D eigenvalue weighted by Gasteiger charge is 2.22. The molecule has 2 heteroatoms. The Hall–Kier alpha value is -1.54. The maximum absolute atomic E-state index is 5.40. The third-order valence-corrected chi connectivity index (χ3v) is 4.33. The van der Waals surface area contributed by atoms with E-state index in [1.54, 1.807) is 11.1 Å². The van der Waals surface area contributed by atoms with Gasteiger partial charge in [-0.3, -0.25) is 0 Å². The smallest absolute Gasteiger partial charge is 0.183 e. The van der Waals surface area contributed by atoms with Gasteiger partial charge in [0.15, 0.2) is 6.10 Å². The van der Waals surface area contributed by atoms with Gasteiger partial charge in [0.25, 0.3) is 0 Å². The quantitative estimate of drug-likeness (QED) is 0.513. The number of allylic oxidation sites excluding steroid dienone is 2. The molecule has 1 aliphatic heterocycles. The van der Waals surface area contributed by atoms with E-state index in [1.165, 1.54) is 36.8 Å². The molecule has 0 amide bonds. The molecule has 0 atom stereocenters. The van der Waals surface area contributed by atoms with Crippen molar-refractivity contribution < 1.29 is 9.47 Å². The molecule has 2 aliphatic carbocycles. The van der Waals surface area contributed by atoms with E-state index in [0.29, 0.717) is 13.2 Å². The molecular weight excluding hydrogens is 320 g/mol. The molecule has 0 saturated carbocycles. The van der Waals surface area contributed by atoms with Gasteiger partial charge in [0, 0.05) is 0 Å². The van der Waals surface area contributed by atoms with Gasteiger partial charge >= 0.3 is 0 Å². The fourth-order valence-corrected chi connectivity index (χ4v) is 3.12. The minimum atomic E-state index is 0.677. The molecule has 1 saturated heterocycles. The molecule has 0 N–H and O–H groups in total. The lowest BCUT2D eigenvalue weighted by Crippen LogP contribution is -2.20. The predicted octanol–water partition coefficient (Wildman–Crippen LogP) is 6.73. The minimum Gasteiger partial charge on any atom is -0.492 e. The lowest BCUT2D eigenvalue weighted by molar-refractivity contribution is 0.0285. The first-order valence-electron chi connectivity index (χ1n) is 10.3. The normalized spacial score (nSPS) is 17.8. The van der Waals surface area contributed by atoms with Crippen LogP contribution >= 0.6 is 0 Å². The Balaban J connectivity index is 0.000000219. The zero-order chi connectivity index (χ0) is 19.4. The molecule has 4 rings (SSSR count). The van der Waals surface area contributed by atoms with Crippen molar-refractivity contribution in [3.8, 4) is 0 Å². The van der Waals surface area contributed by atoms with Gasteiger partial charge in [0.1, 0.15) is 12.4 Å². The molecule has 2 nitrogen and oxygen atoms in total. The van der Waals surface area contributed by atoms with E-state index >= 15 is 0 Å². The Bertz CT molecular complexity index is 584. The molecule has 0 spiro atoms. The summed E-state index contributed by atoms with van der Waals surface area (Å²) in [7, 11) is 0. The van der Waals surface area contributed by atoms with Gasteiger partial charge in [-0.2, -0.15) is 0 Å². The van der Waals surface area contributed by atoms with Gasteiger partial charge in [0.05, 0.1) is 6.61 Å². The number of hydrogen-bond acceptors (Lipinski definition) is 2. The van der Waals surface area contributed by atoms with Crippen molar-refractivity contribution in [2.75, 3.05) is 13.2 Å². The molecule has 1 heterocycles. The Labute approximate surface area is 161 Å². The molecule has 1 fully saturated rings. The summed E-state index contributed by atoms with van der Waals surface area (Å²) in [5, 5.41) is 0. The van der Waals surface area contributed by atoms with E-state index in [0.717, 1.165) is 18.3 Å². The first-order valence-corrected chi connectivity index (χ1v) is 10.3. The average Bonchev–Trinajstić information content (AvgIpc) is 2.71. The number of hydrogen-bond donors (Lipinski definition) is 0. The summed E-state index contributed by atoms with van der Waals surface area (Å²) >= 11 is 0. The summed E-state index contributed by atoms with van der Waals surface area (Å²) in [5.74, 6) is 0.918. The van der Waals surface area contributed by atoms with Crippen molar-refractivity contribution in [2.45, 2.75) is 73.6 Å². The summed E-state index contributed by atoms with van der Waals surface area (Å²) in [6.45, 7) is 13.6. The van der Waals surface area contributed by atoms with Crippen LogP contribution in [-0.2, 0) is 22.3 Å². The number of ether oxygens (including phenoxy) is 2. The van der Waals surface area contributed by atoms with E-state index in [9.17, 15) is 0 Å². The number of aryl methyl sites for hydroxylation is 3. The molecule has 0 bridgehead atoms. The van der Waals surface area contributed by atoms with Crippen LogP contribution in [0.2, 0.25) is 0 Å². The predicted molar refractivity (Wildman–Crippen MR) is 112 cm³/mol. The number of benzene rings is 1. The van der Waals surface area contributed by atoms with Crippen LogP contribution in [0.15, 0.2) is 41.7 Å². The summed E-state index contributed by atoms with van der Waals surface area (Å²) in [5.41, 5.74) is 5.91. The van der Waals surface area contributed by atoms with Crippen LogP contribution in [0.5, 0.6) is 0 Å². The SMILES string of the molecule is CC.CC.CC1=C[C]2OCCOC2=CC1.Cc1ccc2c(c1)CCCC2. The van der Waals surface area contributed by atoms with E-state index in [-0.39, 0.29) is 0 Å². The summed E-state index contributed by atoms with van der Waals surface area (Å²) in [6.07, 6.45) is 11.4. The minimum absolute atomic E-state index is 0.677. The molecule has 26 heavy (non-hydrogen) atoms. The summed E-state index contributed by atoms with van der Waals surface area (Å²) < 4.78 is 10.8. The van der Waals surface area contributed by atoms with E-state index in [2.05, 4.69) is 44.2 Å². The first-order chi connectivity index (χ1) is 12.7. The van der Waals surface area contributed by atoms with Gasteiger partial charge in [-0.25, -0.2) is 0 Å². The van der Waals surface area contributed by atoms with E-state index in [1.807, 2.05) is 27.7 Å². The van der Waals surface area contributed by atoms with Gasteiger partial charge in [-0.15, -0.1) is 0 Å². The maximum atomic E-state index is 5.40. The van der Waals surface area contributed by atoms with Crippen LogP contribution in [0.3, 0.4) is 0 Å². The summed E-state index contributed by atoms with van der Waals surface area (Å²) in [6, 6.07) is 6.86. The largest absolute Gasteiger partial charge is 0.492 e. The monoisotopic (exact) mass is 357 g/mol. The Morgan fingerprint density at radius 1 is 0.808 bits per heavy atom. The fraction of sp³-hybridized carbons (Fsp3) is 0.542. The zero-order valence-electron chi connectivity index (χ0n) is 17.7. The molecule has 1 radical (unpaired) electrons. The standard InChI is InChI=1S/C11H14.C9H11O2.2C2H6/c1-9-6-7-10-4-2-3-5-11(10)8-9;1-7-2-3-8-9(6-7)11-5-4-10-8;2*1-2/h6-8H,2-5H2,1H3;3,6H,2,4-5H2,1H3;2*1-2H3. The topological polar surface area (TPSA) is 18.5 Å². The van der Waals surface area contributed by atoms with Crippen molar-refractivity contribution in [1.29, 1.82) is 0 Å². The number of fused-ring (bicyclic) bond motifs is 2. The molecular formula is C24H37O2. The van der Waals surface area contributed by atoms with Crippen molar-refractivity contribution >= 4 is 0 Å². The lowest BCUT2D eigenvalue weighted by Gasteiger charge is -2.26. The molecule has 1 aromatic carbocycles. The van der Waals surface area contributed by atoms with Crippen molar-refractivity contribution in [2.24, 2.45) is 0 Å². The first kappa shape index (κ1) is 22.5. The van der Waals surface area contributed by atoms with Crippen LogP contribution in [0.25, 0.3) is 0 Å². The van der Waals surface area contributed by atoms with Crippen LogP contribution in [0.1, 0.15) is 70.6 Å². The third kappa shape index (κ3) is 6.99. The highest BCUT2D eigenvalue weighted by molar-refractivity contribution is 5.33. The van der Waals surface area contributed by atoms with Gasteiger partial charge in [-0.05, 0) is 69.2 Å². The molecule has 1 aromatic rings. The molecule has 145 valence electrons. The van der Waals surface area contributed by atoms with E-state index < -0.39 is 0 Å². The van der Waals surface area contributed by atoms with Crippen LogP contribution in [0, 0.1) is 13.0 Å². The van der Waals surface area contributed by atoms with Gasteiger partial charge in [0.2, 0.25) is 0 Å². The van der Waals surface area contributed by atoms with Crippen molar-refractivity contribution in [1.82, 2.24) is 0 Å². The van der Waals surface area contributed by atoms with Gasteiger partial charge < -0.3 is 9.47 Å². The lowest BCUT2D eigenvalue weighted by atomic mass is 9.91. The van der Waals surface area contributed by atoms with Crippen LogP contribution < -0.4 is 0 Å². The molecule has 3 aliphatic rings. The van der Waals surface area contributed by atoms with E-state index in [4.69, 9.17) is 9.47 Å². The second kappa shape index (κ2) is 12.8. The second-order valence-electron chi connectivity index (χ2n) is 6.30. The third-order valence-electron chi connectivity index (χ3n) is 4.33. The average molecular weight is 358 g/mol. The Morgan fingerprint density at radius 3 is 2.19 bits per heavy atom. The van der Waals surface area contributed by atoms with Crippen LogP contribution in [-0.4, -0.2) is 13.2 Å².